The molecule has 21 heavy (non-hydrogen) atoms. The summed E-state index contributed by atoms with van der Waals surface area (Å²) in [6, 6.07) is 3.52. The zero-order valence-corrected chi connectivity index (χ0v) is 14.5. The van der Waals surface area contributed by atoms with E-state index in [1.807, 2.05) is 41.5 Å². The van der Waals surface area contributed by atoms with Crippen LogP contribution in [0.25, 0.3) is 11.1 Å². The van der Waals surface area contributed by atoms with Gasteiger partial charge in [0.1, 0.15) is 5.69 Å². The highest BCUT2D eigenvalue weighted by Gasteiger charge is 2.23. The molecule has 0 unspecified atom stereocenters. The average molecular weight is 292 g/mol. The summed E-state index contributed by atoms with van der Waals surface area (Å²) in [7, 11) is 3.49. The molecule has 1 aromatic carbocycles. The lowest BCUT2D eigenvalue weighted by molar-refractivity contribution is 1.09. The van der Waals surface area contributed by atoms with Crippen molar-refractivity contribution in [1.82, 2.24) is 4.98 Å². The van der Waals surface area contributed by atoms with Crippen molar-refractivity contribution in [2.45, 2.75) is 41.5 Å². The molecule has 1 aromatic heterocycles. The van der Waals surface area contributed by atoms with Gasteiger partial charge in [-0.15, -0.1) is 0 Å². The summed E-state index contributed by atoms with van der Waals surface area (Å²) < 4.78 is 0. The Labute approximate surface area is 128 Å². The van der Waals surface area contributed by atoms with E-state index in [9.17, 15) is 9.59 Å². The number of hydrogen-bond acceptors (Lipinski definition) is 4. The fourth-order valence-electron chi connectivity index (χ4n) is 1.58. The molecule has 0 aliphatic heterocycles. The number of anilines is 1. The Morgan fingerprint density at radius 3 is 1.81 bits per heavy atom. The van der Waals surface area contributed by atoms with Crippen molar-refractivity contribution < 1.29 is 0 Å². The lowest BCUT2D eigenvalue weighted by atomic mass is 10.00. The van der Waals surface area contributed by atoms with E-state index in [1.165, 1.54) is 0 Å². The van der Waals surface area contributed by atoms with E-state index in [4.69, 9.17) is 0 Å². The second kappa shape index (κ2) is 11.8. The second-order valence-corrected chi connectivity index (χ2v) is 3.52. The predicted molar refractivity (Wildman–Crippen MR) is 93.0 cm³/mol. The van der Waals surface area contributed by atoms with Gasteiger partial charge in [0.05, 0.1) is 5.56 Å². The highest BCUT2D eigenvalue weighted by Crippen LogP contribution is 2.23. The lowest BCUT2D eigenvalue weighted by Crippen LogP contribution is -2.39. The monoisotopic (exact) mass is 292 g/mol. The van der Waals surface area contributed by atoms with Crippen LogP contribution in [0.15, 0.2) is 34.1 Å². The molecule has 0 N–H and O–H groups in total. The SMILES string of the molecule is CC.CC.CC.CN(C)c1c(-c2cccnc2)c(=O)c1=O. The second-order valence-electron chi connectivity index (χ2n) is 3.52. The first-order chi connectivity index (χ1) is 10.1. The summed E-state index contributed by atoms with van der Waals surface area (Å²) in [6.45, 7) is 12.0. The highest BCUT2D eigenvalue weighted by atomic mass is 16.2. The molecule has 4 heteroatoms. The van der Waals surface area contributed by atoms with Crippen LogP contribution in [0.5, 0.6) is 0 Å². The normalized spacial score (nSPS) is 8.38. The molecule has 0 amide bonds. The predicted octanol–water partition coefficient (Wildman–Crippen LogP) is 3.49. The van der Waals surface area contributed by atoms with Gasteiger partial charge in [-0.3, -0.25) is 14.6 Å². The molecule has 0 radical (unpaired) electrons. The molecule has 118 valence electrons. The fourth-order valence-corrected chi connectivity index (χ4v) is 1.58. The minimum absolute atomic E-state index is 0.418. The third-order valence-corrected chi connectivity index (χ3v) is 2.28. The van der Waals surface area contributed by atoms with Gasteiger partial charge in [0.15, 0.2) is 0 Å². The first-order valence-electron chi connectivity index (χ1n) is 7.54. The van der Waals surface area contributed by atoms with Gasteiger partial charge < -0.3 is 4.90 Å². The standard InChI is InChI=1S/C11H10N2O2.3C2H6/c1-13(2)9-8(10(14)11(9)15)7-4-3-5-12-6-7;3*1-2/h3-6H,1-2H3;3*1-2H3. The maximum atomic E-state index is 11.4. The van der Waals surface area contributed by atoms with E-state index in [0.29, 0.717) is 16.8 Å². The average Bonchev–Trinajstić information content (AvgIpc) is 2.57. The maximum absolute atomic E-state index is 11.4. The van der Waals surface area contributed by atoms with Crippen LogP contribution in [0, 0.1) is 0 Å². The van der Waals surface area contributed by atoms with E-state index in [-0.39, 0.29) is 0 Å². The van der Waals surface area contributed by atoms with Crippen LogP contribution in [0.4, 0.5) is 5.69 Å². The van der Waals surface area contributed by atoms with Crippen LogP contribution in [-0.2, 0) is 0 Å². The van der Waals surface area contributed by atoms with Gasteiger partial charge in [0, 0.05) is 32.1 Å². The van der Waals surface area contributed by atoms with E-state index < -0.39 is 10.9 Å². The zero-order chi connectivity index (χ0) is 17.0. The highest BCUT2D eigenvalue weighted by molar-refractivity contribution is 5.81. The van der Waals surface area contributed by atoms with Gasteiger partial charge in [-0.2, -0.15) is 0 Å². The number of pyridine rings is 1. The molecule has 0 fully saturated rings. The Kier molecular flexibility index (Phi) is 12.0. The molecule has 1 heterocycles. The molecule has 0 aliphatic carbocycles. The van der Waals surface area contributed by atoms with E-state index in [2.05, 4.69) is 4.98 Å². The van der Waals surface area contributed by atoms with Gasteiger partial charge in [0.2, 0.25) is 10.9 Å². The van der Waals surface area contributed by atoms with Crippen molar-refractivity contribution in [3.63, 3.8) is 0 Å². The Morgan fingerprint density at radius 1 is 0.905 bits per heavy atom. The Hall–Kier alpha value is -1.97. The van der Waals surface area contributed by atoms with Crippen molar-refractivity contribution in [2.24, 2.45) is 0 Å². The Balaban J connectivity index is 0. The zero-order valence-electron chi connectivity index (χ0n) is 14.5. The van der Waals surface area contributed by atoms with Crippen LogP contribution in [0.1, 0.15) is 41.5 Å². The maximum Gasteiger partial charge on any atom is 0.250 e. The molecule has 0 atom stereocenters. The van der Waals surface area contributed by atoms with Crippen molar-refractivity contribution in [1.29, 1.82) is 0 Å². The van der Waals surface area contributed by atoms with Crippen molar-refractivity contribution in [2.75, 3.05) is 19.0 Å². The number of hydrogen-bond donors (Lipinski definition) is 0. The quantitative estimate of drug-likeness (QED) is 0.795. The lowest BCUT2D eigenvalue weighted by Gasteiger charge is -2.17. The smallest absolute Gasteiger partial charge is 0.250 e. The summed E-state index contributed by atoms with van der Waals surface area (Å²) in [5.41, 5.74) is 0.794. The summed E-state index contributed by atoms with van der Waals surface area (Å²) in [6.07, 6.45) is 3.22. The van der Waals surface area contributed by atoms with Crippen molar-refractivity contribution in [3.8, 4) is 11.1 Å². The van der Waals surface area contributed by atoms with Gasteiger partial charge in [-0.25, -0.2) is 0 Å². The van der Waals surface area contributed by atoms with Crippen LogP contribution < -0.4 is 15.8 Å². The van der Waals surface area contributed by atoms with Gasteiger partial charge in [-0.1, -0.05) is 47.6 Å². The number of nitrogens with zero attached hydrogens (tertiary/aromatic N) is 2. The molecule has 0 saturated carbocycles. The van der Waals surface area contributed by atoms with Crippen LogP contribution in [0.2, 0.25) is 0 Å². The minimum Gasteiger partial charge on any atom is -0.374 e. The van der Waals surface area contributed by atoms with E-state index in [1.54, 1.807) is 43.5 Å². The molecular formula is C17H28N2O2. The Morgan fingerprint density at radius 2 is 1.43 bits per heavy atom. The van der Waals surface area contributed by atoms with Crippen LogP contribution in [-0.4, -0.2) is 19.1 Å². The third-order valence-electron chi connectivity index (χ3n) is 2.28. The number of aromatic nitrogens is 1. The van der Waals surface area contributed by atoms with Crippen molar-refractivity contribution >= 4 is 5.69 Å². The molecule has 4 nitrogen and oxygen atoms in total. The van der Waals surface area contributed by atoms with Crippen LogP contribution >= 0.6 is 0 Å². The summed E-state index contributed by atoms with van der Waals surface area (Å²) >= 11 is 0. The van der Waals surface area contributed by atoms with E-state index in [0.717, 1.165) is 0 Å². The molecule has 2 rings (SSSR count). The Bertz CT molecular complexity index is 554. The largest absolute Gasteiger partial charge is 0.374 e. The molecule has 0 bridgehead atoms. The fraction of sp³-hybridized carbons (Fsp3) is 0.471. The summed E-state index contributed by atoms with van der Waals surface area (Å²) in [4.78, 5) is 28.3. The van der Waals surface area contributed by atoms with Crippen molar-refractivity contribution in [3.05, 3.63) is 45.0 Å². The van der Waals surface area contributed by atoms with Gasteiger partial charge in [0.25, 0.3) is 0 Å². The first-order valence-corrected chi connectivity index (χ1v) is 7.54. The molecule has 0 spiro atoms. The minimum atomic E-state index is -0.424. The number of rotatable bonds is 2. The topological polar surface area (TPSA) is 50.3 Å². The third kappa shape index (κ3) is 5.14. The van der Waals surface area contributed by atoms with E-state index >= 15 is 0 Å². The molecule has 2 aromatic rings. The van der Waals surface area contributed by atoms with Crippen LogP contribution in [0.3, 0.4) is 0 Å². The molecule has 0 saturated heterocycles. The summed E-state index contributed by atoms with van der Waals surface area (Å²) in [5.74, 6) is 0. The van der Waals surface area contributed by atoms with Gasteiger partial charge >= 0.3 is 0 Å². The van der Waals surface area contributed by atoms with Gasteiger partial charge in [-0.05, 0) is 6.07 Å². The first kappa shape index (κ1) is 21.3. The molecular weight excluding hydrogens is 264 g/mol. The summed E-state index contributed by atoms with van der Waals surface area (Å²) in [5, 5.41) is 0. The molecule has 0 aliphatic rings.